The molecule has 1 aromatic rings. The Hall–Kier alpha value is -2.57. The van der Waals surface area contributed by atoms with E-state index in [1.165, 1.54) is 0 Å². The molecule has 0 aromatic heterocycles. The predicted molar refractivity (Wildman–Crippen MR) is 93.0 cm³/mol. The highest BCUT2D eigenvalue weighted by atomic mass is 16.6. The fourth-order valence-corrected chi connectivity index (χ4v) is 2.12. The van der Waals surface area contributed by atoms with E-state index in [0.29, 0.717) is 5.56 Å². The summed E-state index contributed by atoms with van der Waals surface area (Å²) in [5.74, 6) is -2.05. The van der Waals surface area contributed by atoms with Crippen LogP contribution in [0.25, 0.3) is 0 Å². The largest absolute Gasteiger partial charge is 0.480 e. The van der Waals surface area contributed by atoms with Crippen LogP contribution in [0.4, 0.5) is 4.79 Å². The van der Waals surface area contributed by atoms with E-state index in [4.69, 9.17) is 4.74 Å². The van der Waals surface area contributed by atoms with Gasteiger partial charge in [-0.2, -0.15) is 0 Å². The van der Waals surface area contributed by atoms with Gasteiger partial charge in [0, 0.05) is 0 Å². The third-order valence-electron chi connectivity index (χ3n) is 3.29. The maximum Gasteiger partial charge on any atom is 0.408 e. The average Bonchev–Trinajstić information content (AvgIpc) is 2.48. The van der Waals surface area contributed by atoms with Crippen LogP contribution >= 0.6 is 0 Å². The monoisotopic (exact) mass is 350 g/mol. The van der Waals surface area contributed by atoms with Gasteiger partial charge in [0.2, 0.25) is 5.91 Å². The van der Waals surface area contributed by atoms with Crippen molar-refractivity contribution in [2.75, 3.05) is 0 Å². The minimum absolute atomic E-state index is 0.306. The highest BCUT2D eigenvalue weighted by Crippen LogP contribution is 2.16. The number of carbonyl (C=O) groups is 3. The maximum absolute atomic E-state index is 12.6. The lowest BCUT2D eigenvalue weighted by molar-refractivity contribution is -0.143. The molecule has 0 aliphatic rings. The summed E-state index contributed by atoms with van der Waals surface area (Å²) in [6, 6.07) is 6.46. The molecule has 0 unspecified atom stereocenters. The van der Waals surface area contributed by atoms with Crippen LogP contribution in [0.1, 0.15) is 46.2 Å². The standard InChI is InChI=1S/C18H26N2O5/c1-11(2)13(16(22)23)19-15(21)14(12-9-7-6-8-10-12)20-17(24)25-18(3,4)5/h6-11,13-14H,1-5H3,(H,19,21)(H,20,24)(H,22,23)/t13-,14-/m0/s1. The molecule has 3 N–H and O–H groups in total. The first-order chi connectivity index (χ1) is 11.5. The molecule has 1 rings (SSSR count). The molecule has 0 heterocycles. The van der Waals surface area contributed by atoms with Crippen molar-refractivity contribution in [2.24, 2.45) is 5.92 Å². The molecule has 25 heavy (non-hydrogen) atoms. The zero-order valence-electron chi connectivity index (χ0n) is 15.2. The Morgan fingerprint density at radius 3 is 2.04 bits per heavy atom. The molecule has 0 saturated carbocycles. The van der Waals surface area contributed by atoms with E-state index < -0.39 is 35.7 Å². The molecule has 7 heteroatoms. The van der Waals surface area contributed by atoms with Gasteiger partial charge in [0.1, 0.15) is 17.7 Å². The van der Waals surface area contributed by atoms with E-state index in [2.05, 4.69) is 10.6 Å². The SMILES string of the molecule is CC(C)[C@H](NC(=O)[C@@H](NC(=O)OC(C)(C)C)c1ccccc1)C(=O)O. The number of amides is 2. The van der Waals surface area contributed by atoms with Gasteiger partial charge in [0.05, 0.1) is 0 Å². The number of alkyl carbamates (subject to hydrolysis) is 1. The lowest BCUT2D eigenvalue weighted by Crippen LogP contribution is -2.49. The van der Waals surface area contributed by atoms with Crippen molar-refractivity contribution in [3.63, 3.8) is 0 Å². The van der Waals surface area contributed by atoms with E-state index in [1.807, 2.05) is 0 Å². The number of carboxylic acid groups (broad SMARTS) is 1. The van der Waals surface area contributed by atoms with Gasteiger partial charge in [-0.15, -0.1) is 0 Å². The molecule has 138 valence electrons. The van der Waals surface area contributed by atoms with Gasteiger partial charge in [-0.3, -0.25) is 4.79 Å². The van der Waals surface area contributed by atoms with Crippen LogP contribution in [0.3, 0.4) is 0 Å². The van der Waals surface area contributed by atoms with Crippen molar-refractivity contribution in [2.45, 2.75) is 52.3 Å². The van der Waals surface area contributed by atoms with Gasteiger partial charge >= 0.3 is 12.1 Å². The summed E-state index contributed by atoms with van der Waals surface area (Å²) in [6.07, 6.45) is -0.757. The van der Waals surface area contributed by atoms with Crippen molar-refractivity contribution in [3.05, 3.63) is 35.9 Å². The lowest BCUT2D eigenvalue weighted by Gasteiger charge is -2.25. The molecule has 0 bridgehead atoms. The number of benzene rings is 1. The second-order valence-electron chi connectivity index (χ2n) is 7.06. The zero-order valence-corrected chi connectivity index (χ0v) is 15.2. The highest BCUT2D eigenvalue weighted by Gasteiger charge is 2.30. The minimum Gasteiger partial charge on any atom is -0.480 e. The Balaban J connectivity index is 3.01. The van der Waals surface area contributed by atoms with Crippen LogP contribution in [0.15, 0.2) is 30.3 Å². The molecule has 7 nitrogen and oxygen atoms in total. The number of carbonyl (C=O) groups excluding carboxylic acids is 2. The topological polar surface area (TPSA) is 105 Å². The molecule has 0 saturated heterocycles. The molecule has 2 atom stereocenters. The Morgan fingerprint density at radius 2 is 1.60 bits per heavy atom. The highest BCUT2D eigenvalue weighted by molar-refractivity contribution is 5.90. The third kappa shape index (κ3) is 6.82. The van der Waals surface area contributed by atoms with E-state index in [1.54, 1.807) is 65.0 Å². The van der Waals surface area contributed by atoms with E-state index in [0.717, 1.165) is 0 Å². The van der Waals surface area contributed by atoms with E-state index in [9.17, 15) is 19.5 Å². The van der Waals surface area contributed by atoms with Gasteiger partial charge in [-0.1, -0.05) is 44.2 Å². The first kappa shape index (κ1) is 20.5. The summed E-state index contributed by atoms with van der Waals surface area (Å²) in [6.45, 7) is 8.52. The second-order valence-corrected chi connectivity index (χ2v) is 7.06. The Morgan fingerprint density at radius 1 is 1.04 bits per heavy atom. The summed E-state index contributed by atoms with van der Waals surface area (Å²) in [5.41, 5.74) is -0.192. The van der Waals surface area contributed by atoms with Crippen LogP contribution in [0, 0.1) is 5.92 Å². The molecular weight excluding hydrogens is 324 g/mol. The number of hydrogen-bond acceptors (Lipinski definition) is 4. The van der Waals surface area contributed by atoms with Crippen LogP contribution in [0.2, 0.25) is 0 Å². The molecule has 0 aliphatic heterocycles. The van der Waals surface area contributed by atoms with Crippen LogP contribution in [-0.4, -0.2) is 34.7 Å². The fraction of sp³-hybridized carbons (Fsp3) is 0.500. The van der Waals surface area contributed by atoms with Crippen molar-refractivity contribution in [1.29, 1.82) is 0 Å². The molecule has 2 amide bonds. The summed E-state index contributed by atoms with van der Waals surface area (Å²) >= 11 is 0. The normalized spacial score (nSPS) is 13.7. The number of carboxylic acids is 1. The van der Waals surface area contributed by atoms with Crippen molar-refractivity contribution < 1.29 is 24.2 Å². The van der Waals surface area contributed by atoms with Crippen molar-refractivity contribution in [1.82, 2.24) is 10.6 Å². The minimum atomic E-state index is -1.13. The molecule has 0 fully saturated rings. The number of hydrogen-bond donors (Lipinski definition) is 3. The second kappa shape index (κ2) is 8.50. The van der Waals surface area contributed by atoms with E-state index in [-0.39, 0.29) is 5.92 Å². The lowest BCUT2D eigenvalue weighted by atomic mass is 10.0. The number of rotatable bonds is 6. The summed E-state index contributed by atoms with van der Waals surface area (Å²) < 4.78 is 5.19. The molecular formula is C18H26N2O5. The summed E-state index contributed by atoms with van der Waals surface area (Å²) in [4.78, 5) is 36.0. The van der Waals surface area contributed by atoms with Crippen LogP contribution in [-0.2, 0) is 14.3 Å². The number of aliphatic carboxylic acids is 1. The van der Waals surface area contributed by atoms with Gasteiger partial charge in [0.15, 0.2) is 0 Å². The molecule has 0 aliphatic carbocycles. The molecule has 0 spiro atoms. The smallest absolute Gasteiger partial charge is 0.408 e. The zero-order chi connectivity index (χ0) is 19.2. The Bertz CT molecular complexity index is 608. The van der Waals surface area contributed by atoms with Crippen molar-refractivity contribution >= 4 is 18.0 Å². The summed E-state index contributed by atoms with van der Waals surface area (Å²) in [7, 11) is 0. The Labute approximate surface area is 147 Å². The van der Waals surface area contributed by atoms with Gasteiger partial charge in [-0.25, -0.2) is 9.59 Å². The number of nitrogens with one attached hydrogen (secondary N) is 2. The first-order valence-electron chi connectivity index (χ1n) is 8.09. The van der Waals surface area contributed by atoms with Gasteiger partial charge < -0.3 is 20.5 Å². The quantitative estimate of drug-likeness (QED) is 0.731. The number of ether oxygens (including phenoxy) is 1. The molecule has 0 radical (unpaired) electrons. The molecule has 1 aromatic carbocycles. The van der Waals surface area contributed by atoms with Gasteiger partial charge in [0.25, 0.3) is 0 Å². The van der Waals surface area contributed by atoms with Gasteiger partial charge in [-0.05, 0) is 32.3 Å². The average molecular weight is 350 g/mol. The van der Waals surface area contributed by atoms with Crippen LogP contribution < -0.4 is 10.6 Å². The first-order valence-corrected chi connectivity index (χ1v) is 8.09. The summed E-state index contributed by atoms with van der Waals surface area (Å²) in [5, 5.41) is 14.2. The van der Waals surface area contributed by atoms with E-state index >= 15 is 0 Å². The van der Waals surface area contributed by atoms with Crippen LogP contribution in [0.5, 0.6) is 0 Å². The predicted octanol–water partition coefficient (Wildman–Crippen LogP) is 2.48. The third-order valence-corrected chi connectivity index (χ3v) is 3.29. The Kier molecular flexibility index (Phi) is 6.97. The van der Waals surface area contributed by atoms with Crippen molar-refractivity contribution in [3.8, 4) is 0 Å². The maximum atomic E-state index is 12.6. The fourth-order valence-electron chi connectivity index (χ4n) is 2.12.